The van der Waals surface area contributed by atoms with E-state index in [0.717, 1.165) is 25.2 Å². The maximum Gasteiger partial charge on any atom is 0.108 e. The molecule has 0 unspecified atom stereocenters. The molecule has 1 aromatic heterocycles. The Hall–Kier alpha value is -0.640. The summed E-state index contributed by atoms with van der Waals surface area (Å²) in [4.78, 5) is 6.93. The molecule has 4 heteroatoms. The predicted molar refractivity (Wildman–Crippen MR) is 71.3 cm³/mol. The van der Waals surface area contributed by atoms with Crippen LogP contribution in [0.2, 0.25) is 0 Å². The Kier molecular flexibility index (Phi) is 4.16. The fourth-order valence-electron chi connectivity index (χ4n) is 1.65. The molecule has 0 fully saturated rings. The van der Waals surface area contributed by atoms with Gasteiger partial charge in [-0.1, -0.05) is 19.1 Å². The van der Waals surface area contributed by atoms with Gasteiger partial charge in [0.1, 0.15) is 5.01 Å². The van der Waals surface area contributed by atoms with Gasteiger partial charge in [0.15, 0.2) is 0 Å². The molecule has 0 saturated carbocycles. The van der Waals surface area contributed by atoms with Gasteiger partial charge in [0.05, 0.1) is 16.8 Å². The maximum absolute atomic E-state index is 5.76. The first-order valence-corrected chi connectivity index (χ1v) is 6.81. The molecule has 0 bridgehead atoms. The summed E-state index contributed by atoms with van der Waals surface area (Å²) in [5, 5.41) is 1.17. The Morgan fingerprint density at radius 2 is 2.19 bits per heavy atom. The summed E-state index contributed by atoms with van der Waals surface area (Å²) in [5.74, 6) is 0.679. The number of hydrogen-bond acceptors (Lipinski definition) is 3. The van der Waals surface area contributed by atoms with Crippen molar-refractivity contribution in [3.63, 3.8) is 0 Å². The van der Waals surface area contributed by atoms with Crippen LogP contribution in [0.25, 0.3) is 10.2 Å². The molecule has 0 radical (unpaired) electrons. The second kappa shape index (κ2) is 5.62. The van der Waals surface area contributed by atoms with Crippen LogP contribution in [-0.2, 0) is 6.54 Å². The molecule has 2 nitrogen and oxygen atoms in total. The van der Waals surface area contributed by atoms with Gasteiger partial charge in [-0.3, -0.25) is 4.90 Å². The molecular formula is C12H15ClN2S. The quantitative estimate of drug-likeness (QED) is 0.761. The molecule has 16 heavy (non-hydrogen) atoms. The van der Waals surface area contributed by atoms with E-state index in [-0.39, 0.29) is 0 Å². The number of benzene rings is 1. The molecule has 0 aliphatic carbocycles. The summed E-state index contributed by atoms with van der Waals surface area (Å²) in [7, 11) is 0. The highest BCUT2D eigenvalue weighted by atomic mass is 35.5. The van der Waals surface area contributed by atoms with Gasteiger partial charge in [0.2, 0.25) is 0 Å². The van der Waals surface area contributed by atoms with Crippen molar-refractivity contribution in [2.45, 2.75) is 13.5 Å². The third kappa shape index (κ3) is 2.73. The van der Waals surface area contributed by atoms with Crippen molar-refractivity contribution in [1.82, 2.24) is 9.88 Å². The molecule has 0 saturated heterocycles. The summed E-state index contributed by atoms with van der Waals surface area (Å²) >= 11 is 7.53. The van der Waals surface area contributed by atoms with E-state index < -0.39 is 0 Å². The minimum absolute atomic E-state index is 0.679. The lowest BCUT2D eigenvalue weighted by molar-refractivity contribution is 0.297. The highest BCUT2D eigenvalue weighted by molar-refractivity contribution is 7.18. The molecule has 0 atom stereocenters. The topological polar surface area (TPSA) is 16.1 Å². The molecule has 1 aromatic carbocycles. The number of aromatic nitrogens is 1. The van der Waals surface area contributed by atoms with E-state index in [4.69, 9.17) is 11.6 Å². The number of thiazole rings is 1. The van der Waals surface area contributed by atoms with Gasteiger partial charge in [0, 0.05) is 12.4 Å². The molecule has 0 aliphatic heterocycles. The van der Waals surface area contributed by atoms with Crippen LogP contribution in [0.3, 0.4) is 0 Å². The number of para-hydroxylation sites is 1. The minimum atomic E-state index is 0.679. The van der Waals surface area contributed by atoms with Gasteiger partial charge < -0.3 is 0 Å². The third-order valence-electron chi connectivity index (χ3n) is 2.55. The Morgan fingerprint density at radius 1 is 1.38 bits per heavy atom. The zero-order valence-electron chi connectivity index (χ0n) is 9.32. The van der Waals surface area contributed by atoms with Crippen molar-refractivity contribution in [3.05, 3.63) is 29.3 Å². The Labute approximate surface area is 105 Å². The average Bonchev–Trinajstić information content (AvgIpc) is 2.70. The van der Waals surface area contributed by atoms with Crippen LogP contribution in [-0.4, -0.2) is 28.9 Å². The Bertz CT molecular complexity index is 422. The first kappa shape index (κ1) is 11.8. The highest BCUT2D eigenvalue weighted by Gasteiger charge is 2.07. The van der Waals surface area contributed by atoms with Gasteiger partial charge in [-0.05, 0) is 18.7 Å². The zero-order chi connectivity index (χ0) is 11.4. The maximum atomic E-state index is 5.76. The van der Waals surface area contributed by atoms with E-state index in [9.17, 15) is 0 Å². The first-order valence-electron chi connectivity index (χ1n) is 5.46. The number of halogens is 1. The van der Waals surface area contributed by atoms with E-state index >= 15 is 0 Å². The minimum Gasteiger partial charge on any atom is -0.296 e. The van der Waals surface area contributed by atoms with Gasteiger partial charge in [-0.25, -0.2) is 4.98 Å². The lowest BCUT2D eigenvalue weighted by atomic mass is 10.3. The summed E-state index contributed by atoms with van der Waals surface area (Å²) in [5.41, 5.74) is 1.10. The van der Waals surface area contributed by atoms with Gasteiger partial charge >= 0.3 is 0 Å². The SMILES string of the molecule is CCN(CCCl)Cc1nc2ccccc2s1. The number of fused-ring (bicyclic) bond motifs is 1. The predicted octanol–water partition coefficient (Wildman–Crippen LogP) is 3.36. The largest absolute Gasteiger partial charge is 0.296 e. The van der Waals surface area contributed by atoms with Crippen molar-refractivity contribution < 1.29 is 0 Å². The van der Waals surface area contributed by atoms with Gasteiger partial charge in [0.25, 0.3) is 0 Å². The lowest BCUT2D eigenvalue weighted by Gasteiger charge is -2.16. The molecule has 86 valence electrons. The van der Waals surface area contributed by atoms with Crippen LogP contribution in [0.4, 0.5) is 0 Å². The second-order valence-electron chi connectivity index (χ2n) is 3.63. The summed E-state index contributed by atoms with van der Waals surface area (Å²) < 4.78 is 1.26. The van der Waals surface area contributed by atoms with E-state index in [1.807, 2.05) is 6.07 Å². The molecule has 1 heterocycles. The third-order valence-corrected chi connectivity index (χ3v) is 3.74. The summed E-state index contributed by atoms with van der Waals surface area (Å²) in [6.07, 6.45) is 0. The lowest BCUT2D eigenvalue weighted by Crippen LogP contribution is -2.24. The highest BCUT2D eigenvalue weighted by Crippen LogP contribution is 2.22. The zero-order valence-corrected chi connectivity index (χ0v) is 10.9. The van der Waals surface area contributed by atoms with Crippen molar-refractivity contribution in [1.29, 1.82) is 0 Å². The average molecular weight is 255 g/mol. The smallest absolute Gasteiger partial charge is 0.108 e. The van der Waals surface area contributed by atoms with Gasteiger partial charge in [-0.2, -0.15) is 0 Å². The van der Waals surface area contributed by atoms with Crippen LogP contribution in [0.1, 0.15) is 11.9 Å². The van der Waals surface area contributed by atoms with E-state index in [0.29, 0.717) is 5.88 Å². The number of hydrogen-bond donors (Lipinski definition) is 0. The molecule has 0 spiro atoms. The molecule has 0 amide bonds. The number of nitrogens with zero attached hydrogens (tertiary/aromatic N) is 2. The number of alkyl halides is 1. The molecule has 0 N–H and O–H groups in total. The van der Waals surface area contributed by atoms with Crippen LogP contribution in [0.15, 0.2) is 24.3 Å². The van der Waals surface area contributed by atoms with Crippen LogP contribution >= 0.6 is 22.9 Å². The van der Waals surface area contributed by atoms with Crippen LogP contribution < -0.4 is 0 Å². The van der Waals surface area contributed by atoms with Crippen molar-refractivity contribution in [2.75, 3.05) is 19.0 Å². The van der Waals surface area contributed by atoms with Crippen molar-refractivity contribution in [2.24, 2.45) is 0 Å². The van der Waals surface area contributed by atoms with E-state index in [2.05, 4.69) is 35.0 Å². The van der Waals surface area contributed by atoms with E-state index in [1.165, 1.54) is 9.71 Å². The molecule has 2 aromatic rings. The summed E-state index contributed by atoms with van der Waals surface area (Å²) in [6.45, 7) is 5.00. The first-order chi connectivity index (χ1) is 7.83. The Morgan fingerprint density at radius 3 is 2.88 bits per heavy atom. The standard InChI is InChI=1S/C12H15ClN2S/c1-2-15(8-7-13)9-12-14-10-5-3-4-6-11(10)16-12/h3-6H,2,7-9H2,1H3. The summed E-state index contributed by atoms with van der Waals surface area (Å²) in [6, 6.07) is 8.27. The fourth-order valence-corrected chi connectivity index (χ4v) is 2.90. The molecular weight excluding hydrogens is 240 g/mol. The number of rotatable bonds is 5. The monoisotopic (exact) mass is 254 g/mol. The van der Waals surface area contributed by atoms with Crippen LogP contribution in [0, 0.1) is 0 Å². The van der Waals surface area contributed by atoms with Crippen molar-refractivity contribution in [3.8, 4) is 0 Å². The van der Waals surface area contributed by atoms with Crippen molar-refractivity contribution >= 4 is 33.2 Å². The second-order valence-corrected chi connectivity index (χ2v) is 5.13. The normalized spacial score (nSPS) is 11.4. The molecule has 0 aliphatic rings. The van der Waals surface area contributed by atoms with Gasteiger partial charge in [-0.15, -0.1) is 22.9 Å². The Balaban J connectivity index is 2.14. The van der Waals surface area contributed by atoms with E-state index in [1.54, 1.807) is 11.3 Å². The molecule has 2 rings (SSSR count). The van der Waals surface area contributed by atoms with Crippen LogP contribution in [0.5, 0.6) is 0 Å². The fraction of sp³-hybridized carbons (Fsp3) is 0.417.